The molecule has 0 atom stereocenters. The van der Waals surface area contributed by atoms with Crippen LogP contribution in [0.15, 0.2) is 75.6 Å². The van der Waals surface area contributed by atoms with Crippen molar-refractivity contribution in [2.24, 2.45) is 0 Å². The molecule has 4 heteroatoms. The standard InChI is InChI=1S/C23H21BrO3/c1-16(2)17-6-8-20(9-7-17)26-15-22-11-10-21(27-22)12-13-23(25)18-4-3-5-19(24)14-18/h3-14,16H,15H2,1-2H3/b13-12+. The van der Waals surface area contributed by atoms with Crippen molar-refractivity contribution in [3.05, 3.63) is 93.9 Å². The summed E-state index contributed by atoms with van der Waals surface area (Å²) in [5.74, 6) is 2.55. The van der Waals surface area contributed by atoms with Gasteiger partial charge < -0.3 is 9.15 Å². The van der Waals surface area contributed by atoms with Gasteiger partial charge in [0.2, 0.25) is 0 Å². The van der Waals surface area contributed by atoms with Crippen LogP contribution in [0.25, 0.3) is 6.08 Å². The Morgan fingerprint density at radius 1 is 1.11 bits per heavy atom. The molecule has 0 amide bonds. The Kier molecular flexibility index (Phi) is 6.30. The van der Waals surface area contributed by atoms with E-state index in [0.29, 0.717) is 29.6 Å². The Balaban J connectivity index is 1.57. The third kappa shape index (κ3) is 5.44. The number of benzene rings is 2. The number of hydrogen-bond donors (Lipinski definition) is 0. The topological polar surface area (TPSA) is 39.4 Å². The highest BCUT2D eigenvalue weighted by Crippen LogP contribution is 2.20. The lowest BCUT2D eigenvalue weighted by atomic mass is 10.0. The fraction of sp³-hybridized carbons (Fsp3) is 0.174. The second-order valence-corrected chi connectivity index (χ2v) is 7.44. The zero-order chi connectivity index (χ0) is 19.2. The third-order valence-corrected chi connectivity index (χ3v) is 4.61. The Bertz CT molecular complexity index is 936. The van der Waals surface area contributed by atoms with Gasteiger partial charge in [-0.2, -0.15) is 0 Å². The molecule has 0 N–H and O–H groups in total. The van der Waals surface area contributed by atoms with Gasteiger partial charge in [0.15, 0.2) is 5.78 Å². The summed E-state index contributed by atoms with van der Waals surface area (Å²) in [7, 11) is 0. The van der Waals surface area contributed by atoms with E-state index in [1.165, 1.54) is 11.6 Å². The molecule has 3 rings (SSSR count). The van der Waals surface area contributed by atoms with Crippen molar-refractivity contribution in [2.45, 2.75) is 26.4 Å². The lowest BCUT2D eigenvalue weighted by molar-refractivity contribution is 0.104. The van der Waals surface area contributed by atoms with Crippen LogP contribution < -0.4 is 4.74 Å². The molecule has 2 aromatic carbocycles. The highest BCUT2D eigenvalue weighted by molar-refractivity contribution is 9.10. The molecule has 138 valence electrons. The van der Waals surface area contributed by atoms with Crippen LogP contribution in [0.1, 0.15) is 47.2 Å². The summed E-state index contributed by atoms with van der Waals surface area (Å²) >= 11 is 3.37. The summed E-state index contributed by atoms with van der Waals surface area (Å²) in [6.07, 6.45) is 3.18. The highest BCUT2D eigenvalue weighted by Gasteiger charge is 2.05. The van der Waals surface area contributed by atoms with Gasteiger partial charge in [0.1, 0.15) is 23.9 Å². The maximum Gasteiger partial charge on any atom is 0.186 e. The van der Waals surface area contributed by atoms with Gasteiger partial charge in [-0.1, -0.05) is 54.0 Å². The van der Waals surface area contributed by atoms with Crippen LogP contribution in [0.2, 0.25) is 0 Å². The van der Waals surface area contributed by atoms with Crippen molar-refractivity contribution in [1.29, 1.82) is 0 Å². The van der Waals surface area contributed by atoms with E-state index in [4.69, 9.17) is 9.15 Å². The van der Waals surface area contributed by atoms with Crippen molar-refractivity contribution in [3.8, 4) is 5.75 Å². The number of carbonyl (C=O) groups is 1. The average Bonchev–Trinajstić information content (AvgIpc) is 3.12. The van der Waals surface area contributed by atoms with E-state index < -0.39 is 0 Å². The van der Waals surface area contributed by atoms with Crippen LogP contribution in [0, 0.1) is 0 Å². The number of allylic oxidation sites excluding steroid dienone is 1. The number of halogens is 1. The van der Waals surface area contributed by atoms with Crippen molar-refractivity contribution >= 4 is 27.8 Å². The molecule has 0 aliphatic rings. The number of hydrogen-bond acceptors (Lipinski definition) is 3. The van der Waals surface area contributed by atoms with Crippen molar-refractivity contribution < 1.29 is 13.9 Å². The minimum atomic E-state index is -0.0734. The zero-order valence-corrected chi connectivity index (χ0v) is 16.9. The van der Waals surface area contributed by atoms with Gasteiger partial charge in [-0.15, -0.1) is 0 Å². The van der Waals surface area contributed by atoms with E-state index in [1.807, 2.05) is 36.4 Å². The molecule has 0 spiro atoms. The number of rotatable bonds is 7. The van der Waals surface area contributed by atoms with E-state index in [9.17, 15) is 4.79 Å². The molecule has 27 heavy (non-hydrogen) atoms. The Morgan fingerprint density at radius 3 is 2.59 bits per heavy atom. The SMILES string of the molecule is CC(C)c1ccc(OCc2ccc(/C=C/C(=O)c3cccc(Br)c3)o2)cc1. The second-order valence-electron chi connectivity index (χ2n) is 6.52. The number of ketones is 1. The molecule has 0 fully saturated rings. The smallest absolute Gasteiger partial charge is 0.186 e. The van der Waals surface area contributed by atoms with Crippen molar-refractivity contribution in [2.75, 3.05) is 0 Å². The third-order valence-electron chi connectivity index (χ3n) is 4.12. The molecule has 0 radical (unpaired) electrons. The van der Waals surface area contributed by atoms with Crippen molar-refractivity contribution in [1.82, 2.24) is 0 Å². The Hall–Kier alpha value is -2.59. The average molecular weight is 425 g/mol. The first kappa shape index (κ1) is 19.2. The second kappa shape index (κ2) is 8.87. The van der Waals surface area contributed by atoms with Gasteiger partial charge in [-0.3, -0.25) is 4.79 Å². The predicted molar refractivity (Wildman–Crippen MR) is 111 cm³/mol. The lowest BCUT2D eigenvalue weighted by Gasteiger charge is -2.07. The van der Waals surface area contributed by atoms with Gasteiger partial charge >= 0.3 is 0 Å². The normalized spacial score (nSPS) is 11.3. The minimum Gasteiger partial charge on any atom is -0.486 e. The largest absolute Gasteiger partial charge is 0.486 e. The molecule has 3 aromatic rings. The van der Waals surface area contributed by atoms with Crippen LogP contribution in [0.3, 0.4) is 0 Å². The summed E-state index contributed by atoms with van der Waals surface area (Å²) in [5.41, 5.74) is 1.91. The van der Waals surface area contributed by atoms with E-state index in [1.54, 1.807) is 18.2 Å². The van der Waals surface area contributed by atoms with Gasteiger partial charge in [0.25, 0.3) is 0 Å². The van der Waals surface area contributed by atoms with E-state index in [2.05, 4.69) is 41.9 Å². The number of ether oxygens (including phenoxy) is 1. The summed E-state index contributed by atoms with van der Waals surface area (Å²) < 4.78 is 12.3. The predicted octanol–water partition coefficient (Wildman–Crippen LogP) is 6.64. The van der Waals surface area contributed by atoms with E-state index in [-0.39, 0.29) is 5.78 Å². The quantitative estimate of drug-likeness (QED) is 0.315. The Morgan fingerprint density at radius 2 is 1.89 bits per heavy atom. The van der Waals surface area contributed by atoms with Crippen LogP contribution in [0.5, 0.6) is 5.75 Å². The number of furan rings is 1. The first-order valence-corrected chi connectivity index (χ1v) is 9.60. The molecule has 1 heterocycles. The molecule has 3 nitrogen and oxygen atoms in total. The first-order chi connectivity index (χ1) is 13.0. The van der Waals surface area contributed by atoms with Gasteiger partial charge in [0.05, 0.1) is 0 Å². The van der Waals surface area contributed by atoms with E-state index >= 15 is 0 Å². The zero-order valence-electron chi connectivity index (χ0n) is 15.3. The molecular weight excluding hydrogens is 404 g/mol. The summed E-state index contributed by atoms with van der Waals surface area (Å²) in [5, 5.41) is 0. The molecule has 0 unspecified atom stereocenters. The molecule has 0 aliphatic carbocycles. The van der Waals surface area contributed by atoms with Crippen LogP contribution >= 0.6 is 15.9 Å². The van der Waals surface area contributed by atoms with Gasteiger partial charge in [-0.25, -0.2) is 0 Å². The minimum absolute atomic E-state index is 0.0734. The highest BCUT2D eigenvalue weighted by atomic mass is 79.9. The molecule has 0 bridgehead atoms. The maximum atomic E-state index is 12.2. The Labute approximate surface area is 167 Å². The number of carbonyl (C=O) groups excluding carboxylic acids is 1. The first-order valence-electron chi connectivity index (χ1n) is 8.81. The molecule has 1 aromatic heterocycles. The van der Waals surface area contributed by atoms with E-state index in [0.717, 1.165) is 10.2 Å². The monoisotopic (exact) mass is 424 g/mol. The van der Waals surface area contributed by atoms with Crippen LogP contribution in [-0.4, -0.2) is 5.78 Å². The van der Waals surface area contributed by atoms with Crippen molar-refractivity contribution in [3.63, 3.8) is 0 Å². The summed E-state index contributed by atoms with van der Waals surface area (Å²) in [6.45, 7) is 4.67. The molecule has 0 saturated carbocycles. The fourth-order valence-corrected chi connectivity index (χ4v) is 2.96. The lowest BCUT2D eigenvalue weighted by Crippen LogP contribution is -1.94. The van der Waals surface area contributed by atoms with Crippen LogP contribution in [-0.2, 0) is 6.61 Å². The summed E-state index contributed by atoms with van der Waals surface area (Å²) in [6, 6.07) is 19.1. The van der Waals surface area contributed by atoms with Gasteiger partial charge in [0, 0.05) is 10.0 Å². The molecular formula is C23H21BrO3. The fourth-order valence-electron chi connectivity index (χ4n) is 2.56. The maximum absolute atomic E-state index is 12.2. The molecule has 0 aliphatic heterocycles. The van der Waals surface area contributed by atoms with Crippen LogP contribution in [0.4, 0.5) is 0 Å². The summed E-state index contributed by atoms with van der Waals surface area (Å²) in [4.78, 5) is 12.2. The van der Waals surface area contributed by atoms with Gasteiger partial charge in [-0.05, 0) is 60.0 Å². The molecule has 0 saturated heterocycles.